The number of hydrogen-bond donors (Lipinski definition) is 1. The van der Waals surface area contributed by atoms with E-state index in [1.54, 1.807) is 30.3 Å². The second-order valence-electron chi connectivity index (χ2n) is 6.66. The fourth-order valence-electron chi connectivity index (χ4n) is 2.87. The lowest BCUT2D eigenvalue weighted by molar-refractivity contribution is -0.114. The number of para-hydroxylation sites is 1. The van der Waals surface area contributed by atoms with Crippen LogP contribution in [0.1, 0.15) is 6.92 Å². The Morgan fingerprint density at radius 1 is 0.968 bits per heavy atom. The van der Waals surface area contributed by atoms with Crippen molar-refractivity contribution in [3.63, 3.8) is 0 Å². The summed E-state index contributed by atoms with van der Waals surface area (Å²) >= 11 is 1.52. The Hall–Kier alpha value is -2.97. The van der Waals surface area contributed by atoms with Gasteiger partial charge in [0.1, 0.15) is 12.3 Å². The van der Waals surface area contributed by atoms with Gasteiger partial charge in [0.15, 0.2) is 0 Å². The minimum absolute atomic E-state index is 0.336. The highest BCUT2D eigenvalue weighted by Gasteiger charge is 2.21. The van der Waals surface area contributed by atoms with Crippen LogP contribution in [0.25, 0.3) is 0 Å². The summed E-state index contributed by atoms with van der Waals surface area (Å²) in [6.07, 6.45) is 1.08. The van der Waals surface area contributed by atoms with Crippen LogP contribution in [0.2, 0.25) is 0 Å². The van der Waals surface area contributed by atoms with E-state index in [0.29, 0.717) is 23.7 Å². The van der Waals surface area contributed by atoms with E-state index < -0.39 is 15.9 Å². The molecule has 0 spiro atoms. The minimum atomic E-state index is -3.66. The van der Waals surface area contributed by atoms with Crippen LogP contribution >= 0.6 is 11.8 Å². The van der Waals surface area contributed by atoms with E-state index in [9.17, 15) is 13.2 Å². The van der Waals surface area contributed by atoms with Gasteiger partial charge in [-0.25, -0.2) is 8.42 Å². The van der Waals surface area contributed by atoms with Crippen molar-refractivity contribution in [1.82, 2.24) is 0 Å². The van der Waals surface area contributed by atoms with Gasteiger partial charge in [0.05, 0.1) is 24.2 Å². The highest BCUT2D eigenvalue weighted by atomic mass is 32.2. The van der Waals surface area contributed by atoms with Gasteiger partial charge >= 0.3 is 0 Å². The third-order valence-corrected chi connectivity index (χ3v) is 6.48. The fourth-order valence-corrected chi connectivity index (χ4v) is 4.65. The molecule has 3 aromatic carbocycles. The van der Waals surface area contributed by atoms with Gasteiger partial charge in [0.2, 0.25) is 15.9 Å². The van der Waals surface area contributed by atoms with Crippen molar-refractivity contribution in [3.8, 4) is 5.75 Å². The number of hydrogen-bond acceptors (Lipinski definition) is 5. The van der Waals surface area contributed by atoms with E-state index >= 15 is 0 Å². The van der Waals surface area contributed by atoms with Crippen LogP contribution in [0.5, 0.6) is 5.75 Å². The second-order valence-corrected chi connectivity index (χ2v) is 9.68. The Morgan fingerprint density at radius 2 is 1.61 bits per heavy atom. The topological polar surface area (TPSA) is 75.7 Å². The van der Waals surface area contributed by atoms with Crippen LogP contribution < -0.4 is 14.4 Å². The standard InChI is InChI=1S/C23H24N2O4S2/c1-3-29-19-15-13-18(14-16-19)25(31(2,27)28)17-23(26)24-21-11-7-8-12-22(21)30-20-9-5-4-6-10-20/h4-16H,3,17H2,1-2H3,(H,24,26). The molecule has 31 heavy (non-hydrogen) atoms. The van der Waals surface area contributed by atoms with Crippen molar-refractivity contribution in [2.24, 2.45) is 0 Å². The number of carbonyl (C=O) groups excluding carboxylic acids is 1. The molecule has 162 valence electrons. The zero-order valence-electron chi connectivity index (χ0n) is 17.3. The molecule has 0 aliphatic rings. The van der Waals surface area contributed by atoms with Crippen molar-refractivity contribution < 1.29 is 17.9 Å². The molecule has 0 aromatic heterocycles. The third-order valence-electron chi connectivity index (χ3n) is 4.26. The summed E-state index contributed by atoms with van der Waals surface area (Å²) < 4.78 is 31.2. The number of nitrogens with one attached hydrogen (secondary N) is 1. The van der Waals surface area contributed by atoms with E-state index in [0.717, 1.165) is 20.4 Å². The average Bonchev–Trinajstić information content (AvgIpc) is 2.74. The number of nitrogens with zero attached hydrogens (tertiary/aromatic N) is 1. The Balaban J connectivity index is 1.76. The van der Waals surface area contributed by atoms with Gasteiger partial charge in [-0.3, -0.25) is 9.10 Å². The maximum Gasteiger partial charge on any atom is 0.245 e. The molecule has 3 aromatic rings. The SMILES string of the molecule is CCOc1ccc(N(CC(=O)Nc2ccccc2Sc2ccccc2)S(C)(=O)=O)cc1. The number of carbonyl (C=O) groups is 1. The van der Waals surface area contributed by atoms with Crippen LogP contribution in [0.4, 0.5) is 11.4 Å². The first-order valence-electron chi connectivity index (χ1n) is 9.69. The maximum atomic E-state index is 12.8. The number of anilines is 2. The predicted octanol–water partition coefficient (Wildman–Crippen LogP) is 4.64. The zero-order valence-corrected chi connectivity index (χ0v) is 18.9. The first-order valence-corrected chi connectivity index (χ1v) is 12.4. The molecule has 0 aliphatic carbocycles. The molecule has 0 fully saturated rings. The lowest BCUT2D eigenvalue weighted by atomic mass is 10.3. The summed E-state index contributed by atoms with van der Waals surface area (Å²) in [4.78, 5) is 14.7. The van der Waals surface area contributed by atoms with Crippen molar-refractivity contribution in [1.29, 1.82) is 0 Å². The van der Waals surface area contributed by atoms with Crippen LogP contribution in [0.15, 0.2) is 88.7 Å². The lowest BCUT2D eigenvalue weighted by Gasteiger charge is -2.22. The van der Waals surface area contributed by atoms with Crippen molar-refractivity contribution in [3.05, 3.63) is 78.9 Å². The zero-order chi connectivity index (χ0) is 22.3. The van der Waals surface area contributed by atoms with Gasteiger partial charge in [-0.15, -0.1) is 0 Å². The molecule has 3 rings (SSSR count). The highest BCUT2D eigenvalue weighted by Crippen LogP contribution is 2.33. The molecular formula is C23H24N2O4S2. The van der Waals surface area contributed by atoms with E-state index in [4.69, 9.17) is 4.74 Å². The van der Waals surface area contributed by atoms with Crippen LogP contribution in [0.3, 0.4) is 0 Å². The van der Waals surface area contributed by atoms with Gasteiger partial charge in [0.25, 0.3) is 0 Å². The molecule has 0 saturated carbocycles. The summed E-state index contributed by atoms with van der Waals surface area (Å²) in [5, 5.41) is 2.84. The molecule has 0 heterocycles. The van der Waals surface area contributed by atoms with Gasteiger partial charge in [-0.1, -0.05) is 42.1 Å². The van der Waals surface area contributed by atoms with Gasteiger partial charge in [-0.2, -0.15) is 0 Å². The first-order chi connectivity index (χ1) is 14.9. The summed E-state index contributed by atoms with van der Waals surface area (Å²) in [6.45, 7) is 2.05. The average molecular weight is 457 g/mol. The number of rotatable bonds is 9. The number of sulfonamides is 1. The summed E-state index contributed by atoms with van der Waals surface area (Å²) in [7, 11) is -3.66. The Kier molecular flexibility index (Phi) is 7.59. The summed E-state index contributed by atoms with van der Waals surface area (Å²) in [5.41, 5.74) is 1.02. The monoisotopic (exact) mass is 456 g/mol. The number of benzene rings is 3. The molecule has 0 atom stereocenters. The van der Waals surface area contributed by atoms with Gasteiger partial charge in [0, 0.05) is 9.79 Å². The fraction of sp³-hybridized carbons (Fsp3) is 0.174. The molecule has 8 heteroatoms. The highest BCUT2D eigenvalue weighted by molar-refractivity contribution is 7.99. The summed E-state index contributed by atoms with van der Waals surface area (Å²) in [6, 6.07) is 23.8. The smallest absolute Gasteiger partial charge is 0.245 e. The Bertz CT molecular complexity index is 1120. The normalized spacial score (nSPS) is 11.0. The third kappa shape index (κ3) is 6.50. The minimum Gasteiger partial charge on any atom is -0.494 e. The van der Waals surface area contributed by atoms with E-state index in [1.807, 2.05) is 55.5 Å². The molecule has 0 saturated heterocycles. The van der Waals surface area contributed by atoms with E-state index in [2.05, 4.69) is 5.32 Å². The molecular weight excluding hydrogens is 432 g/mol. The van der Waals surface area contributed by atoms with Crippen molar-refractivity contribution in [2.45, 2.75) is 16.7 Å². The predicted molar refractivity (Wildman–Crippen MR) is 125 cm³/mol. The van der Waals surface area contributed by atoms with Gasteiger partial charge < -0.3 is 10.1 Å². The van der Waals surface area contributed by atoms with E-state index in [1.165, 1.54) is 11.8 Å². The van der Waals surface area contributed by atoms with Crippen molar-refractivity contribution >= 4 is 39.1 Å². The first kappa shape index (κ1) is 22.7. The Labute approximate surface area is 187 Å². The van der Waals surface area contributed by atoms with Gasteiger partial charge in [-0.05, 0) is 55.5 Å². The molecule has 1 N–H and O–H groups in total. The molecule has 0 aliphatic heterocycles. The summed E-state index contributed by atoms with van der Waals surface area (Å²) in [5.74, 6) is 0.205. The number of amides is 1. The maximum absolute atomic E-state index is 12.8. The molecule has 1 amide bonds. The molecule has 6 nitrogen and oxygen atoms in total. The van der Waals surface area contributed by atoms with Crippen molar-refractivity contribution in [2.75, 3.05) is 29.0 Å². The molecule has 0 unspecified atom stereocenters. The van der Waals surface area contributed by atoms with E-state index in [-0.39, 0.29) is 6.54 Å². The lowest BCUT2D eigenvalue weighted by Crippen LogP contribution is -2.37. The second kappa shape index (κ2) is 10.4. The molecule has 0 radical (unpaired) electrons. The van der Waals surface area contributed by atoms with Crippen LogP contribution in [-0.2, 0) is 14.8 Å². The number of ether oxygens (including phenoxy) is 1. The quantitative estimate of drug-likeness (QED) is 0.508. The molecule has 0 bridgehead atoms. The van der Waals surface area contributed by atoms with Crippen LogP contribution in [-0.4, -0.2) is 33.7 Å². The largest absolute Gasteiger partial charge is 0.494 e. The van der Waals surface area contributed by atoms with Crippen LogP contribution in [0, 0.1) is 0 Å². The Morgan fingerprint density at radius 3 is 2.26 bits per heavy atom.